The van der Waals surface area contributed by atoms with Crippen LogP contribution in [0.5, 0.6) is 0 Å². The molecule has 0 amide bonds. The van der Waals surface area contributed by atoms with E-state index in [4.69, 9.17) is 4.74 Å². The minimum Gasteiger partial charge on any atom is -0.385 e. The molecule has 0 unspecified atom stereocenters. The van der Waals surface area contributed by atoms with Crippen molar-refractivity contribution in [2.75, 3.05) is 20.3 Å². The number of allylic oxidation sites excluding steroid dienone is 1. The maximum absolute atomic E-state index is 4.84. The van der Waals surface area contributed by atoms with E-state index in [9.17, 15) is 0 Å². The van der Waals surface area contributed by atoms with Gasteiger partial charge < -0.3 is 4.74 Å². The molecule has 0 spiro atoms. The van der Waals surface area contributed by atoms with E-state index in [0.717, 1.165) is 19.6 Å². The molecule has 0 fully saturated rings. The van der Waals surface area contributed by atoms with Crippen LogP contribution in [0.15, 0.2) is 22.3 Å². The van der Waals surface area contributed by atoms with Crippen LogP contribution in [-0.2, 0) is 4.74 Å². The third kappa shape index (κ3) is 9.08. The van der Waals surface area contributed by atoms with E-state index in [1.54, 1.807) is 13.3 Å². The van der Waals surface area contributed by atoms with Crippen molar-refractivity contribution in [1.82, 2.24) is 0 Å². The molecule has 0 aliphatic heterocycles. The molecule has 0 aromatic rings. The van der Waals surface area contributed by atoms with Crippen molar-refractivity contribution >= 4 is 6.01 Å². The highest BCUT2D eigenvalue weighted by Crippen LogP contribution is 1.79. The van der Waals surface area contributed by atoms with Crippen LogP contribution < -0.4 is 0 Å². The van der Waals surface area contributed by atoms with Crippen molar-refractivity contribution in [3.05, 3.63) is 12.3 Å². The Labute approximate surface area is 67.5 Å². The topological polar surface area (TPSA) is 34.0 Å². The Hall–Kier alpha value is -0.920. The highest BCUT2D eigenvalue weighted by Gasteiger charge is 1.79. The van der Waals surface area contributed by atoms with Crippen LogP contribution in [0.2, 0.25) is 0 Å². The fraction of sp³-hybridized carbons (Fsp3) is 0.625. The van der Waals surface area contributed by atoms with Crippen LogP contribution >= 0.6 is 0 Å². The van der Waals surface area contributed by atoms with Crippen LogP contribution in [0.3, 0.4) is 0 Å². The average molecular weight is 154 g/mol. The molecule has 0 aliphatic rings. The van der Waals surface area contributed by atoms with Gasteiger partial charge in [-0.25, -0.2) is 4.99 Å². The maximum Gasteiger partial charge on any atom is 0.0942 e. The minimum atomic E-state index is 0.731. The average Bonchev–Trinajstić information content (AvgIpc) is 2.03. The fourth-order valence-electron chi connectivity index (χ4n) is 0.487. The highest BCUT2D eigenvalue weighted by molar-refractivity contribution is 5.42. The SMILES string of the molecule is CC=CN=C=NCCCOC. The van der Waals surface area contributed by atoms with Crippen molar-refractivity contribution < 1.29 is 4.74 Å². The van der Waals surface area contributed by atoms with Gasteiger partial charge in [0.15, 0.2) is 0 Å². The normalized spacial score (nSPS) is 9.64. The lowest BCUT2D eigenvalue weighted by Crippen LogP contribution is -1.90. The van der Waals surface area contributed by atoms with E-state index >= 15 is 0 Å². The molecule has 3 nitrogen and oxygen atoms in total. The Balaban J connectivity index is 3.28. The van der Waals surface area contributed by atoms with Gasteiger partial charge in [0.25, 0.3) is 0 Å². The zero-order valence-corrected chi connectivity index (χ0v) is 7.08. The van der Waals surface area contributed by atoms with Gasteiger partial charge in [-0.2, -0.15) is 4.99 Å². The summed E-state index contributed by atoms with van der Waals surface area (Å²) in [6.07, 6.45) is 4.41. The summed E-state index contributed by atoms with van der Waals surface area (Å²) in [6.45, 7) is 3.37. The largest absolute Gasteiger partial charge is 0.385 e. The summed E-state index contributed by atoms with van der Waals surface area (Å²) in [6, 6.07) is 2.55. The lowest BCUT2D eigenvalue weighted by atomic mass is 10.5. The predicted molar refractivity (Wildman–Crippen MR) is 46.0 cm³/mol. The van der Waals surface area contributed by atoms with Crippen LogP contribution in [0, 0.1) is 0 Å². The van der Waals surface area contributed by atoms with E-state index in [1.165, 1.54) is 0 Å². The van der Waals surface area contributed by atoms with E-state index < -0.39 is 0 Å². The molecule has 3 heteroatoms. The predicted octanol–water partition coefficient (Wildman–Crippen LogP) is 1.73. The molecule has 0 heterocycles. The van der Waals surface area contributed by atoms with Crippen molar-refractivity contribution in [3.8, 4) is 0 Å². The van der Waals surface area contributed by atoms with Crippen LogP contribution in [0.4, 0.5) is 0 Å². The lowest BCUT2D eigenvalue weighted by molar-refractivity contribution is 0.197. The van der Waals surface area contributed by atoms with Gasteiger partial charge in [0.05, 0.1) is 12.6 Å². The van der Waals surface area contributed by atoms with Crippen LogP contribution in [0.25, 0.3) is 0 Å². The smallest absolute Gasteiger partial charge is 0.0942 e. The number of rotatable bonds is 5. The van der Waals surface area contributed by atoms with E-state index in [0.29, 0.717) is 0 Å². The first kappa shape index (κ1) is 10.1. The van der Waals surface area contributed by atoms with Gasteiger partial charge in [-0.1, -0.05) is 6.08 Å². The Morgan fingerprint density at radius 3 is 3.00 bits per heavy atom. The second-order valence-corrected chi connectivity index (χ2v) is 1.94. The third-order valence-electron chi connectivity index (χ3n) is 0.970. The van der Waals surface area contributed by atoms with Crippen molar-refractivity contribution in [3.63, 3.8) is 0 Å². The molecule has 0 aliphatic carbocycles. The Morgan fingerprint density at radius 2 is 2.36 bits per heavy atom. The summed E-state index contributed by atoms with van der Waals surface area (Å²) in [7, 11) is 1.68. The van der Waals surface area contributed by atoms with Gasteiger partial charge in [0.2, 0.25) is 0 Å². The number of hydrogen-bond acceptors (Lipinski definition) is 3. The Kier molecular flexibility index (Phi) is 8.32. The van der Waals surface area contributed by atoms with Gasteiger partial charge in [-0.05, 0) is 13.3 Å². The van der Waals surface area contributed by atoms with Crippen LogP contribution in [-0.4, -0.2) is 26.3 Å². The molecule has 62 valence electrons. The molecular weight excluding hydrogens is 140 g/mol. The van der Waals surface area contributed by atoms with Gasteiger partial charge in [0.1, 0.15) is 0 Å². The summed E-state index contributed by atoms with van der Waals surface area (Å²) >= 11 is 0. The number of methoxy groups -OCH3 is 1. The Bertz CT molecular complexity index is 157. The first-order valence-corrected chi connectivity index (χ1v) is 3.63. The quantitative estimate of drug-likeness (QED) is 0.438. The molecule has 0 N–H and O–H groups in total. The molecular formula is C8H14N2O. The Morgan fingerprint density at radius 1 is 1.55 bits per heavy atom. The molecule has 0 aromatic heterocycles. The molecule has 11 heavy (non-hydrogen) atoms. The van der Waals surface area contributed by atoms with Gasteiger partial charge >= 0.3 is 0 Å². The zero-order chi connectivity index (χ0) is 8.36. The molecule has 0 rings (SSSR count). The maximum atomic E-state index is 4.84. The third-order valence-corrected chi connectivity index (χ3v) is 0.970. The van der Waals surface area contributed by atoms with E-state index in [2.05, 4.69) is 16.0 Å². The highest BCUT2D eigenvalue weighted by atomic mass is 16.5. The first-order valence-electron chi connectivity index (χ1n) is 3.63. The molecule has 0 bridgehead atoms. The number of nitrogens with zero attached hydrogens (tertiary/aromatic N) is 2. The van der Waals surface area contributed by atoms with E-state index in [1.807, 2.05) is 13.0 Å². The summed E-state index contributed by atoms with van der Waals surface area (Å²) < 4.78 is 4.84. The van der Waals surface area contributed by atoms with Crippen molar-refractivity contribution in [2.24, 2.45) is 9.98 Å². The minimum absolute atomic E-state index is 0.731. The molecule has 0 saturated heterocycles. The number of aliphatic imine (C=N–C) groups is 2. The summed E-state index contributed by atoms with van der Waals surface area (Å²) in [5.41, 5.74) is 0. The monoisotopic (exact) mass is 154 g/mol. The summed E-state index contributed by atoms with van der Waals surface area (Å²) in [5.74, 6) is 0. The van der Waals surface area contributed by atoms with Gasteiger partial charge in [-0.15, -0.1) is 0 Å². The second kappa shape index (κ2) is 9.08. The number of hydrogen-bond donors (Lipinski definition) is 0. The fourth-order valence-corrected chi connectivity index (χ4v) is 0.487. The standard InChI is InChI=1S/C8H14N2O/c1-3-5-9-8-10-6-4-7-11-2/h3,5H,4,6-7H2,1-2H3. The van der Waals surface area contributed by atoms with Crippen LogP contribution in [0.1, 0.15) is 13.3 Å². The van der Waals surface area contributed by atoms with Crippen molar-refractivity contribution in [1.29, 1.82) is 0 Å². The molecule has 0 saturated carbocycles. The van der Waals surface area contributed by atoms with E-state index in [-0.39, 0.29) is 0 Å². The zero-order valence-electron chi connectivity index (χ0n) is 7.08. The summed E-state index contributed by atoms with van der Waals surface area (Å²) in [4.78, 5) is 7.65. The molecule has 0 aromatic carbocycles. The second-order valence-electron chi connectivity index (χ2n) is 1.94. The molecule has 0 radical (unpaired) electrons. The van der Waals surface area contributed by atoms with Gasteiger partial charge in [0, 0.05) is 19.9 Å². The molecule has 0 atom stereocenters. The summed E-state index contributed by atoms with van der Waals surface area (Å²) in [5, 5.41) is 0. The lowest BCUT2D eigenvalue weighted by Gasteiger charge is -1.90. The van der Waals surface area contributed by atoms with Gasteiger partial charge in [-0.3, -0.25) is 0 Å². The van der Waals surface area contributed by atoms with Crippen molar-refractivity contribution in [2.45, 2.75) is 13.3 Å². The number of ether oxygens (including phenoxy) is 1. The first-order chi connectivity index (χ1) is 5.41.